The van der Waals surface area contributed by atoms with Crippen molar-refractivity contribution in [1.29, 1.82) is 5.26 Å². The highest BCUT2D eigenvalue weighted by molar-refractivity contribution is 5.08. The normalized spacial score (nSPS) is 16.8. The summed E-state index contributed by atoms with van der Waals surface area (Å²) in [4.78, 5) is 0. The smallest absolute Gasteiger partial charge is 0.107 e. The molecule has 1 aliphatic carbocycles. The van der Waals surface area contributed by atoms with Gasteiger partial charge in [-0.3, -0.25) is 5.32 Å². The van der Waals surface area contributed by atoms with E-state index in [0.29, 0.717) is 11.8 Å². The van der Waals surface area contributed by atoms with Crippen molar-refractivity contribution in [3.05, 3.63) is 0 Å². The van der Waals surface area contributed by atoms with Crippen molar-refractivity contribution in [3.63, 3.8) is 0 Å². The van der Waals surface area contributed by atoms with Crippen molar-refractivity contribution < 1.29 is 0 Å². The van der Waals surface area contributed by atoms with Crippen LogP contribution in [0.4, 0.5) is 0 Å². The van der Waals surface area contributed by atoms with Crippen LogP contribution >= 0.6 is 0 Å². The number of nitrogens with one attached hydrogen (secondary N) is 1. The Hall–Kier alpha value is -0.550. The van der Waals surface area contributed by atoms with Crippen molar-refractivity contribution in [1.82, 2.24) is 5.32 Å². The summed E-state index contributed by atoms with van der Waals surface area (Å²) in [6.07, 6.45) is 4.62. The number of hydrogen-bond donors (Lipinski definition) is 1. The van der Waals surface area contributed by atoms with Crippen LogP contribution in [0.5, 0.6) is 0 Å². The Labute approximate surface area is 100 Å². The van der Waals surface area contributed by atoms with E-state index in [9.17, 15) is 5.26 Å². The third-order valence-electron chi connectivity index (χ3n) is 3.15. The van der Waals surface area contributed by atoms with Crippen molar-refractivity contribution in [2.45, 2.75) is 58.9 Å². The topological polar surface area (TPSA) is 35.8 Å². The second kappa shape index (κ2) is 5.68. The van der Waals surface area contributed by atoms with Crippen molar-refractivity contribution >= 4 is 0 Å². The predicted molar refractivity (Wildman–Crippen MR) is 68.0 cm³/mol. The summed E-state index contributed by atoms with van der Waals surface area (Å²) >= 11 is 0. The average Bonchev–Trinajstić information content (AvgIpc) is 2.95. The molecule has 92 valence electrons. The second-order valence-electron chi connectivity index (χ2n) is 6.21. The molecule has 0 bridgehead atoms. The minimum Gasteiger partial charge on any atom is -0.299 e. The number of nitriles is 1. The molecule has 0 radical (unpaired) electrons. The maximum Gasteiger partial charge on any atom is 0.107 e. The van der Waals surface area contributed by atoms with Crippen LogP contribution in [0.3, 0.4) is 0 Å². The Bertz CT molecular complexity index is 236. The van der Waals surface area contributed by atoms with Crippen LogP contribution in [-0.4, -0.2) is 12.1 Å². The lowest BCUT2D eigenvalue weighted by Crippen LogP contribution is -2.47. The molecule has 2 nitrogen and oxygen atoms in total. The standard InChI is InChI=1S/C14H26N2/c1-11(2)7-14(10-15,8-12(3)4)16-9-13-5-6-13/h11-13,16H,5-9H2,1-4H3. The Kier molecular flexibility index (Phi) is 4.80. The molecule has 0 saturated heterocycles. The third kappa shape index (κ3) is 4.53. The van der Waals surface area contributed by atoms with Crippen molar-refractivity contribution in [3.8, 4) is 6.07 Å². The highest BCUT2D eigenvalue weighted by Gasteiger charge is 2.33. The molecule has 0 spiro atoms. The summed E-state index contributed by atoms with van der Waals surface area (Å²) in [5.41, 5.74) is -0.287. The van der Waals surface area contributed by atoms with Crippen LogP contribution in [0, 0.1) is 29.1 Å². The molecule has 0 aromatic heterocycles. The summed E-state index contributed by atoms with van der Waals surface area (Å²) in [6.45, 7) is 9.83. The van der Waals surface area contributed by atoms with Gasteiger partial charge in [-0.15, -0.1) is 0 Å². The van der Waals surface area contributed by atoms with Gasteiger partial charge in [-0.2, -0.15) is 5.26 Å². The highest BCUT2D eigenvalue weighted by Crippen LogP contribution is 2.30. The molecular formula is C14H26N2. The maximum absolute atomic E-state index is 9.50. The van der Waals surface area contributed by atoms with Gasteiger partial charge in [-0.05, 0) is 50.0 Å². The zero-order valence-corrected chi connectivity index (χ0v) is 11.2. The van der Waals surface area contributed by atoms with E-state index in [1.807, 2.05) is 0 Å². The van der Waals surface area contributed by atoms with Crippen LogP contribution in [0.2, 0.25) is 0 Å². The first-order valence-electron chi connectivity index (χ1n) is 6.63. The fourth-order valence-corrected chi connectivity index (χ4v) is 2.41. The lowest BCUT2D eigenvalue weighted by Gasteiger charge is -2.31. The first kappa shape index (κ1) is 13.5. The minimum absolute atomic E-state index is 0.287. The van der Waals surface area contributed by atoms with Gasteiger partial charge >= 0.3 is 0 Å². The van der Waals surface area contributed by atoms with Crippen LogP contribution in [0.15, 0.2) is 0 Å². The van der Waals surface area contributed by atoms with E-state index in [-0.39, 0.29) is 5.54 Å². The molecule has 0 heterocycles. The van der Waals surface area contributed by atoms with Gasteiger partial charge in [-0.1, -0.05) is 27.7 Å². The van der Waals surface area contributed by atoms with Gasteiger partial charge in [0.2, 0.25) is 0 Å². The number of hydrogen-bond acceptors (Lipinski definition) is 2. The van der Waals surface area contributed by atoms with Crippen LogP contribution in [0.1, 0.15) is 53.4 Å². The quantitative estimate of drug-likeness (QED) is 0.717. The lowest BCUT2D eigenvalue weighted by atomic mass is 9.83. The van der Waals surface area contributed by atoms with Crippen LogP contribution < -0.4 is 5.32 Å². The minimum atomic E-state index is -0.287. The van der Waals surface area contributed by atoms with E-state index in [4.69, 9.17) is 0 Å². The molecule has 2 heteroatoms. The fourth-order valence-electron chi connectivity index (χ4n) is 2.41. The third-order valence-corrected chi connectivity index (χ3v) is 3.15. The van der Waals surface area contributed by atoms with Gasteiger partial charge in [-0.25, -0.2) is 0 Å². The van der Waals surface area contributed by atoms with Gasteiger partial charge < -0.3 is 0 Å². The van der Waals surface area contributed by atoms with Gasteiger partial charge in [0.1, 0.15) is 5.54 Å². The molecule has 1 saturated carbocycles. The first-order chi connectivity index (χ1) is 7.47. The summed E-state index contributed by atoms with van der Waals surface area (Å²) in [5.74, 6) is 1.99. The molecule has 1 aliphatic rings. The van der Waals surface area contributed by atoms with Gasteiger partial charge in [0.25, 0.3) is 0 Å². The molecule has 0 aliphatic heterocycles. The first-order valence-corrected chi connectivity index (χ1v) is 6.63. The molecule has 1 N–H and O–H groups in total. The monoisotopic (exact) mass is 222 g/mol. The van der Waals surface area contributed by atoms with E-state index in [1.54, 1.807) is 0 Å². The molecule has 0 aromatic carbocycles. The highest BCUT2D eigenvalue weighted by atomic mass is 15.0. The molecule has 0 atom stereocenters. The molecule has 0 amide bonds. The van der Waals surface area contributed by atoms with E-state index in [2.05, 4.69) is 39.1 Å². The summed E-state index contributed by atoms with van der Waals surface area (Å²) < 4.78 is 0. The van der Waals surface area contributed by atoms with Gasteiger partial charge in [0.05, 0.1) is 6.07 Å². The Balaban J connectivity index is 2.57. The van der Waals surface area contributed by atoms with Crippen molar-refractivity contribution in [2.75, 3.05) is 6.54 Å². The summed E-state index contributed by atoms with van der Waals surface area (Å²) in [5, 5.41) is 13.0. The molecule has 1 rings (SSSR count). The second-order valence-corrected chi connectivity index (χ2v) is 6.21. The lowest BCUT2D eigenvalue weighted by molar-refractivity contribution is 0.283. The molecule has 0 aromatic rings. The Morgan fingerprint density at radius 2 is 1.69 bits per heavy atom. The maximum atomic E-state index is 9.50. The summed E-state index contributed by atoms with van der Waals surface area (Å²) in [6, 6.07) is 2.55. The fraction of sp³-hybridized carbons (Fsp3) is 0.929. The predicted octanol–water partition coefficient (Wildman–Crippen LogP) is 3.34. The van der Waals surface area contributed by atoms with E-state index >= 15 is 0 Å². The molecule has 16 heavy (non-hydrogen) atoms. The molecular weight excluding hydrogens is 196 g/mol. The van der Waals surface area contributed by atoms with Gasteiger partial charge in [0, 0.05) is 0 Å². The van der Waals surface area contributed by atoms with Crippen LogP contribution in [-0.2, 0) is 0 Å². The average molecular weight is 222 g/mol. The Morgan fingerprint density at radius 3 is 2.00 bits per heavy atom. The van der Waals surface area contributed by atoms with Crippen LogP contribution in [0.25, 0.3) is 0 Å². The Morgan fingerprint density at radius 1 is 1.19 bits per heavy atom. The zero-order chi connectivity index (χ0) is 12.2. The zero-order valence-electron chi connectivity index (χ0n) is 11.2. The SMILES string of the molecule is CC(C)CC(C#N)(CC(C)C)NCC1CC1. The largest absolute Gasteiger partial charge is 0.299 e. The van der Waals surface area contributed by atoms with E-state index in [0.717, 1.165) is 25.3 Å². The van der Waals surface area contributed by atoms with Crippen molar-refractivity contribution in [2.24, 2.45) is 17.8 Å². The number of rotatable bonds is 7. The van der Waals surface area contributed by atoms with Gasteiger partial charge in [0.15, 0.2) is 0 Å². The molecule has 0 unspecified atom stereocenters. The summed E-state index contributed by atoms with van der Waals surface area (Å²) in [7, 11) is 0. The van der Waals surface area contributed by atoms with E-state index < -0.39 is 0 Å². The van der Waals surface area contributed by atoms with E-state index in [1.165, 1.54) is 12.8 Å². The number of nitrogens with zero attached hydrogens (tertiary/aromatic N) is 1. The molecule has 1 fully saturated rings.